The smallest absolute Gasteiger partial charge is 0.246 e. The summed E-state index contributed by atoms with van der Waals surface area (Å²) in [5, 5.41) is 3.88. The summed E-state index contributed by atoms with van der Waals surface area (Å²) < 4.78 is 37.9. The first-order valence-corrected chi connectivity index (χ1v) is 9.08. The lowest BCUT2D eigenvalue weighted by atomic mass is 10.2. The van der Waals surface area contributed by atoms with Crippen LogP contribution in [-0.4, -0.2) is 31.0 Å². The zero-order chi connectivity index (χ0) is 16.4. The normalized spacial score (nSPS) is 15.9. The van der Waals surface area contributed by atoms with Gasteiger partial charge in [0.2, 0.25) is 10.0 Å². The highest BCUT2D eigenvalue weighted by molar-refractivity contribution is 7.89. The second kappa shape index (κ2) is 6.33. The molecule has 1 aromatic carbocycles. The minimum atomic E-state index is -3.51. The maximum absolute atomic E-state index is 12.8. The summed E-state index contributed by atoms with van der Waals surface area (Å²) in [7, 11) is -3.51. The van der Waals surface area contributed by atoms with Crippen molar-refractivity contribution in [1.29, 1.82) is 0 Å². The van der Waals surface area contributed by atoms with Crippen LogP contribution < -0.4 is 4.74 Å². The van der Waals surface area contributed by atoms with Gasteiger partial charge in [0.05, 0.1) is 11.3 Å². The molecule has 1 aliphatic rings. The molecule has 0 radical (unpaired) electrons. The van der Waals surface area contributed by atoms with Crippen LogP contribution in [0.15, 0.2) is 33.7 Å². The van der Waals surface area contributed by atoms with E-state index in [0.29, 0.717) is 24.6 Å². The number of aryl methyl sites for hydroxylation is 2. The van der Waals surface area contributed by atoms with E-state index in [1.54, 1.807) is 24.3 Å². The lowest BCUT2D eigenvalue weighted by molar-refractivity contribution is 0.293. The predicted molar refractivity (Wildman–Crippen MR) is 84.7 cm³/mol. The Morgan fingerprint density at radius 1 is 1.22 bits per heavy atom. The van der Waals surface area contributed by atoms with Crippen LogP contribution in [0.2, 0.25) is 0 Å². The molecule has 2 aromatic rings. The standard InChI is InChI=1S/C16H20N2O4S/c1-12-14(13(2)22-17-12)11-21-15-7-3-4-8-16(15)23(19,20)18-9-5-6-10-18/h3-4,7-8H,5-6,9-11H2,1-2H3. The van der Waals surface area contributed by atoms with Crippen molar-refractivity contribution in [3.8, 4) is 5.75 Å². The highest BCUT2D eigenvalue weighted by Gasteiger charge is 2.29. The quantitative estimate of drug-likeness (QED) is 0.839. The third kappa shape index (κ3) is 3.11. The molecule has 0 N–H and O–H groups in total. The van der Waals surface area contributed by atoms with Crippen LogP contribution in [0, 0.1) is 13.8 Å². The molecule has 0 amide bonds. The number of hydrogen-bond acceptors (Lipinski definition) is 5. The third-order valence-electron chi connectivity index (χ3n) is 4.09. The van der Waals surface area contributed by atoms with Gasteiger partial charge in [0.25, 0.3) is 0 Å². The first-order chi connectivity index (χ1) is 11.0. The van der Waals surface area contributed by atoms with Crippen molar-refractivity contribution in [2.45, 2.75) is 38.2 Å². The number of aromatic nitrogens is 1. The monoisotopic (exact) mass is 336 g/mol. The van der Waals surface area contributed by atoms with Crippen molar-refractivity contribution < 1.29 is 17.7 Å². The maximum atomic E-state index is 12.8. The van der Waals surface area contributed by atoms with E-state index in [1.165, 1.54) is 4.31 Å². The van der Waals surface area contributed by atoms with Crippen molar-refractivity contribution in [2.24, 2.45) is 0 Å². The summed E-state index contributed by atoms with van der Waals surface area (Å²) in [5.41, 5.74) is 1.60. The van der Waals surface area contributed by atoms with E-state index >= 15 is 0 Å². The minimum absolute atomic E-state index is 0.216. The van der Waals surface area contributed by atoms with Gasteiger partial charge in [0, 0.05) is 13.1 Å². The average Bonchev–Trinajstić information content (AvgIpc) is 3.17. The van der Waals surface area contributed by atoms with E-state index in [9.17, 15) is 8.42 Å². The van der Waals surface area contributed by atoms with E-state index in [1.807, 2.05) is 13.8 Å². The molecule has 0 atom stereocenters. The van der Waals surface area contributed by atoms with Crippen molar-refractivity contribution >= 4 is 10.0 Å². The average molecular weight is 336 g/mol. The summed E-state index contributed by atoms with van der Waals surface area (Å²) in [4.78, 5) is 0.216. The highest BCUT2D eigenvalue weighted by Crippen LogP contribution is 2.29. The molecule has 6 nitrogen and oxygen atoms in total. The molecule has 0 saturated carbocycles. The van der Waals surface area contributed by atoms with Gasteiger partial charge >= 0.3 is 0 Å². The van der Waals surface area contributed by atoms with Crippen LogP contribution >= 0.6 is 0 Å². The van der Waals surface area contributed by atoms with Gasteiger partial charge in [-0.3, -0.25) is 0 Å². The van der Waals surface area contributed by atoms with Crippen molar-refractivity contribution in [1.82, 2.24) is 9.46 Å². The Kier molecular flexibility index (Phi) is 4.41. The molecule has 23 heavy (non-hydrogen) atoms. The van der Waals surface area contributed by atoms with Gasteiger partial charge < -0.3 is 9.26 Å². The number of hydrogen-bond donors (Lipinski definition) is 0. The summed E-state index contributed by atoms with van der Waals surface area (Å²) in [6, 6.07) is 6.76. The molecule has 0 spiro atoms. The van der Waals surface area contributed by atoms with Gasteiger partial charge in [-0.2, -0.15) is 4.31 Å². The fraction of sp³-hybridized carbons (Fsp3) is 0.438. The SMILES string of the molecule is Cc1noc(C)c1COc1ccccc1S(=O)(=O)N1CCCC1. The number of sulfonamides is 1. The Balaban J connectivity index is 1.86. The number of nitrogens with zero attached hydrogens (tertiary/aromatic N) is 2. The van der Waals surface area contributed by atoms with E-state index in [0.717, 1.165) is 24.1 Å². The third-order valence-corrected chi connectivity index (χ3v) is 6.02. The molecule has 124 valence electrons. The Labute approximate surface area is 136 Å². The highest BCUT2D eigenvalue weighted by atomic mass is 32.2. The van der Waals surface area contributed by atoms with E-state index in [2.05, 4.69) is 5.16 Å². The summed E-state index contributed by atoms with van der Waals surface area (Å²) >= 11 is 0. The first kappa shape index (κ1) is 16.0. The molecule has 7 heteroatoms. The van der Waals surface area contributed by atoms with Crippen LogP contribution in [0.3, 0.4) is 0 Å². The van der Waals surface area contributed by atoms with Crippen molar-refractivity contribution in [3.05, 3.63) is 41.3 Å². The summed E-state index contributed by atoms with van der Waals surface area (Å²) in [6.45, 7) is 5.02. The zero-order valence-electron chi connectivity index (χ0n) is 13.3. The van der Waals surface area contributed by atoms with Crippen LogP contribution in [0.1, 0.15) is 29.9 Å². The van der Waals surface area contributed by atoms with Crippen molar-refractivity contribution in [2.75, 3.05) is 13.1 Å². The molecule has 1 saturated heterocycles. The summed E-state index contributed by atoms with van der Waals surface area (Å²) in [5.74, 6) is 1.04. The van der Waals surface area contributed by atoms with Crippen LogP contribution in [0.5, 0.6) is 5.75 Å². The largest absolute Gasteiger partial charge is 0.487 e. The maximum Gasteiger partial charge on any atom is 0.246 e. The topological polar surface area (TPSA) is 72.6 Å². The Bertz CT molecular complexity index is 773. The van der Waals surface area contributed by atoms with Crippen LogP contribution in [0.4, 0.5) is 0 Å². The molecule has 0 bridgehead atoms. The van der Waals surface area contributed by atoms with Crippen LogP contribution in [0.25, 0.3) is 0 Å². The molecule has 1 aromatic heterocycles. The van der Waals surface area contributed by atoms with E-state index in [4.69, 9.17) is 9.26 Å². The molecule has 1 aliphatic heterocycles. The first-order valence-electron chi connectivity index (χ1n) is 7.64. The Morgan fingerprint density at radius 3 is 2.57 bits per heavy atom. The second-order valence-corrected chi connectivity index (χ2v) is 7.56. The van der Waals surface area contributed by atoms with Crippen molar-refractivity contribution in [3.63, 3.8) is 0 Å². The van der Waals surface area contributed by atoms with Gasteiger partial charge in [-0.15, -0.1) is 0 Å². The Hall–Kier alpha value is -1.86. The molecular formula is C16H20N2O4S. The lowest BCUT2D eigenvalue weighted by Gasteiger charge is -2.18. The fourth-order valence-corrected chi connectivity index (χ4v) is 4.36. The zero-order valence-corrected chi connectivity index (χ0v) is 14.1. The predicted octanol–water partition coefficient (Wildman–Crippen LogP) is 2.65. The fourth-order valence-electron chi connectivity index (χ4n) is 2.71. The van der Waals surface area contributed by atoms with Gasteiger partial charge in [-0.05, 0) is 38.8 Å². The van der Waals surface area contributed by atoms with E-state index < -0.39 is 10.0 Å². The number of rotatable bonds is 5. The molecule has 3 rings (SSSR count). The van der Waals surface area contributed by atoms with Gasteiger partial charge in [-0.25, -0.2) is 8.42 Å². The molecular weight excluding hydrogens is 316 g/mol. The summed E-state index contributed by atoms with van der Waals surface area (Å²) in [6.07, 6.45) is 1.81. The van der Waals surface area contributed by atoms with Gasteiger partial charge in [0.1, 0.15) is 23.0 Å². The molecule has 0 aliphatic carbocycles. The van der Waals surface area contributed by atoms with Crippen LogP contribution in [-0.2, 0) is 16.6 Å². The molecule has 2 heterocycles. The number of benzene rings is 1. The molecule has 0 unspecified atom stereocenters. The second-order valence-electron chi connectivity index (χ2n) is 5.65. The molecule has 1 fully saturated rings. The van der Waals surface area contributed by atoms with Gasteiger partial charge in [-0.1, -0.05) is 17.3 Å². The minimum Gasteiger partial charge on any atom is -0.487 e. The lowest BCUT2D eigenvalue weighted by Crippen LogP contribution is -2.28. The number of ether oxygens (including phenoxy) is 1. The van der Waals surface area contributed by atoms with E-state index in [-0.39, 0.29) is 11.5 Å². The van der Waals surface area contributed by atoms with Gasteiger partial charge in [0.15, 0.2) is 0 Å². The Morgan fingerprint density at radius 2 is 1.91 bits per heavy atom. The number of para-hydroxylation sites is 1.